The Morgan fingerprint density at radius 1 is 1.29 bits per heavy atom. The van der Waals surface area contributed by atoms with Gasteiger partial charge in [-0.2, -0.15) is 0 Å². The molecule has 0 spiro atoms. The largest absolute Gasteiger partial charge is 0.319 e. The van der Waals surface area contributed by atoms with Crippen molar-refractivity contribution in [2.45, 2.75) is 32.6 Å². The zero-order valence-electron chi connectivity index (χ0n) is 9.17. The molecule has 1 N–H and O–H groups in total. The van der Waals surface area contributed by atoms with Crippen LogP contribution >= 0.6 is 0 Å². The lowest BCUT2D eigenvalue weighted by Crippen LogP contribution is -2.23. The van der Waals surface area contributed by atoms with Crippen molar-refractivity contribution in [3.8, 4) is 0 Å². The van der Waals surface area contributed by atoms with Gasteiger partial charge in [0.15, 0.2) is 0 Å². The molecule has 0 radical (unpaired) electrons. The first-order chi connectivity index (χ1) is 6.54. The summed E-state index contributed by atoms with van der Waals surface area (Å²) < 4.78 is 23.0. The molecular formula is C10H21NO2S. The van der Waals surface area contributed by atoms with Gasteiger partial charge >= 0.3 is 0 Å². The van der Waals surface area contributed by atoms with E-state index >= 15 is 0 Å². The Bertz CT molecular complexity index is 268. The molecule has 1 aliphatic rings. The smallest absolute Gasteiger partial charge is 0.150 e. The molecular weight excluding hydrogens is 198 g/mol. The summed E-state index contributed by atoms with van der Waals surface area (Å²) in [5.74, 6) is 0.727. The van der Waals surface area contributed by atoms with Gasteiger partial charge in [0.1, 0.15) is 9.84 Å². The zero-order chi connectivity index (χ0) is 10.7. The molecule has 0 amide bonds. The molecule has 0 aromatic carbocycles. The molecule has 4 heteroatoms. The number of hydrogen-bond donors (Lipinski definition) is 1. The highest BCUT2D eigenvalue weighted by atomic mass is 32.2. The molecule has 0 aliphatic heterocycles. The van der Waals surface area contributed by atoms with Crippen molar-refractivity contribution >= 4 is 9.84 Å². The van der Waals surface area contributed by atoms with E-state index < -0.39 is 9.84 Å². The molecule has 14 heavy (non-hydrogen) atoms. The number of hydrogen-bond acceptors (Lipinski definition) is 3. The van der Waals surface area contributed by atoms with Crippen LogP contribution in [0.1, 0.15) is 32.6 Å². The fourth-order valence-corrected chi connectivity index (χ4v) is 3.42. The molecule has 3 nitrogen and oxygen atoms in total. The average Bonchev–Trinajstić information content (AvgIpc) is 2.83. The second kappa shape index (κ2) is 4.62. The topological polar surface area (TPSA) is 46.2 Å². The van der Waals surface area contributed by atoms with E-state index in [0.717, 1.165) is 19.4 Å². The summed E-state index contributed by atoms with van der Waals surface area (Å²) in [7, 11) is -0.840. The second-order valence-corrected chi connectivity index (χ2v) is 6.74. The van der Waals surface area contributed by atoms with Crippen LogP contribution in [0.15, 0.2) is 0 Å². The maximum absolute atomic E-state index is 11.5. The fraction of sp³-hybridized carbons (Fsp3) is 1.00. The molecule has 1 rings (SSSR count). The van der Waals surface area contributed by atoms with E-state index in [1.807, 2.05) is 14.0 Å². The van der Waals surface area contributed by atoms with Gasteiger partial charge in [-0.1, -0.05) is 6.92 Å². The van der Waals surface area contributed by atoms with Crippen LogP contribution in [-0.2, 0) is 9.84 Å². The number of nitrogens with one attached hydrogen (secondary N) is 1. The molecule has 0 unspecified atom stereocenters. The Balaban J connectivity index is 2.33. The van der Waals surface area contributed by atoms with Gasteiger partial charge < -0.3 is 5.32 Å². The highest BCUT2D eigenvalue weighted by molar-refractivity contribution is 7.91. The van der Waals surface area contributed by atoms with Crippen LogP contribution in [0.4, 0.5) is 0 Å². The van der Waals surface area contributed by atoms with Gasteiger partial charge in [-0.05, 0) is 38.1 Å². The lowest BCUT2D eigenvalue weighted by molar-refractivity contribution is 0.462. The van der Waals surface area contributed by atoms with Crippen LogP contribution < -0.4 is 5.32 Å². The molecule has 84 valence electrons. The number of sulfone groups is 1. The summed E-state index contributed by atoms with van der Waals surface area (Å²) in [5, 5.41) is 3.14. The monoisotopic (exact) mass is 219 g/mol. The minimum absolute atomic E-state index is 0.315. The van der Waals surface area contributed by atoms with E-state index in [1.165, 1.54) is 12.8 Å². The molecule has 1 aliphatic carbocycles. The Kier molecular flexibility index (Phi) is 3.95. The van der Waals surface area contributed by atoms with Crippen molar-refractivity contribution in [2.75, 3.05) is 25.1 Å². The second-order valence-electron chi connectivity index (χ2n) is 4.43. The van der Waals surface area contributed by atoms with Crippen LogP contribution in [0.2, 0.25) is 0 Å². The van der Waals surface area contributed by atoms with Gasteiger partial charge in [-0.3, -0.25) is 0 Å². The van der Waals surface area contributed by atoms with Crippen molar-refractivity contribution in [2.24, 2.45) is 5.41 Å². The summed E-state index contributed by atoms with van der Waals surface area (Å²) >= 11 is 0. The van der Waals surface area contributed by atoms with Crippen LogP contribution in [0, 0.1) is 5.41 Å². The molecule has 0 aromatic heterocycles. The standard InChI is InChI=1S/C10H21NO2S/c1-3-7-14(12,13)8-6-10(4-5-10)9-11-2/h11H,3-9H2,1-2H3. The molecule has 0 atom stereocenters. The fourth-order valence-electron chi connectivity index (χ4n) is 1.85. The Labute approximate surface area is 87.2 Å². The van der Waals surface area contributed by atoms with E-state index in [4.69, 9.17) is 0 Å². The molecule has 1 fully saturated rings. The van der Waals surface area contributed by atoms with Crippen LogP contribution in [-0.4, -0.2) is 33.5 Å². The van der Waals surface area contributed by atoms with E-state index in [2.05, 4.69) is 5.32 Å². The average molecular weight is 219 g/mol. The maximum atomic E-state index is 11.5. The van der Waals surface area contributed by atoms with Crippen molar-refractivity contribution in [1.29, 1.82) is 0 Å². The summed E-state index contributed by atoms with van der Waals surface area (Å²) in [6.07, 6.45) is 3.96. The summed E-state index contributed by atoms with van der Waals surface area (Å²) in [6, 6.07) is 0. The summed E-state index contributed by atoms with van der Waals surface area (Å²) in [4.78, 5) is 0. The predicted octanol–water partition coefficient (Wildman–Crippen LogP) is 1.20. The molecule has 0 heterocycles. The van der Waals surface area contributed by atoms with Crippen molar-refractivity contribution in [1.82, 2.24) is 5.32 Å². The third kappa shape index (κ3) is 3.58. The highest BCUT2D eigenvalue weighted by Crippen LogP contribution is 2.48. The van der Waals surface area contributed by atoms with Gasteiger partial charge in [0, 0.05) is 12.3 Å². The number of rotatable bonds is 7. The SMILES string of the molecule is CCCS(=O)(=O)CCC1(CNC)CC1. The predicted molar refractivity (Wildman–Crippen MR) is 59.2 cm³/mol. The first-order valence-electron chi connectivity index (χ1n) is 5.39. The lowest BCUT2D eigenvalue weighted by Gasteiger charge is -2.13. The minimum atomic E-state index is -2.77. The van der Waals surface area contributed by atoms with Crippen LogP contribution in [0.25, 0.3) is 0 Å². The minimum Gasteiger partial charge on any atom is -0.319 e. The first-order valence-corrected chi connectivity index (χ1v) is 7.21. The molecule has 0 aromatic rings. The van der Waals surface area contributed by atoms with Crippen molar-refractivity contribution in [3.05, 3.63) is 0 Å². The van der Waals surface area contributed by atoms with Crippen LogP contribution in [0.3, 0.4) is 0 Å². The van der Waals surface area contributed by atoms with Gasteiger partial charge in [-0.25, -0.2) is 8.42 Å². The molecule has 0 saturated heterocycles. The van der Waals surface area contributed by atoms with Crippen LogP contribution in [0.5, 0.6) is 0 Å². The summed E-state index contributed by atoms with van der Waals surface area (Å²) in [6.45, 7) is 2.88. The quantitative estimate of drug-likeness (QED) is 0.700. The first kappa shape index (κ1) is 12.0. The Morgan fingerprint density at radius 2 is 1.93 bits per heavy atom. The third-order valence-electron chi connectivity index (χ3n) is 2.97. The normalized spacial score (nSPS) is 19.6. The lowest BCUT2D eigenvalue weighted by atomic mass is 10.0. The van der Waals surface area contributed by atoms with E-state index in [-0.39, 0.29) is 0 Å². The van der Waals surface area contributed by atoms with E-state index in [9.17, 15) is 8.42 Å². The van der Waals surface area contributed by atoms with Gasteiger partial charge in [0.25, 0.3) is 0 Å². The van der Waals surface area contributed by atoms with Crippen molar-refractivity contribution in [3.63, 3.8) is 0 Å². The Morgan fingerprint density at radius 3 is 2.36 bits per heavy atom. The molecule has 0 bridgehead atoms. The highest BCUT2D eigenvalue weighted by Gasteiger charge is 2.42. The summed E-state index contributed by atoms with van der Waals surface area (Å²) in [5.41, 5.74) is 0.315. The maximum Gasteiger partial charge on any atom is 0.150 e. The van der Waals surface area contributed by atoms with Gasteiger partial charge in [-0.15, -0.1) is 0 Å². The molecule has 1 saturated carbocycles. The van der Waals surface area contributed by atoms with Gasteiger partial charge in [0.2, 0.25) is 0 Å². The Hall–Kier alpha value is -0.0900. The van der Waals surface area contributed by atoms with E-state index in [1.54, 1.807) is 0 Å². The van der Waals surface area contributed by atoms with Gasteiger partial charge in [0.05, 0.1) is 5.75 Å². The van der Waals surface area contributed by atoms with E-state index in [0.29, 0.717) is 16.9 Å². The zero-order valence-corrected chi connectivity index (χ0v) is 9.99. The van der Waals surface area contributed by atoms with Crippen molar-refractivity contribution < 1.29 is 8.42 Å². The third-order valence-corrected chi connectivity index (χ3v) is 4.82.